The van der Waals surface area contributed by atoms with Crippen LogP contribution in [0.1, 0.15) is 18.4 Å². The summed E-state index contributed by atoms with van der Waals surface area (Å²) >= 11 is 0. The van der Waals surface area contributed by atoms with Crippen molar-refractivity contribution < 1.29 is 65.1 Å². The van der Waals surface area contributed by atoms with E-state index < -0.39 is 58.8 Å². The predicted octanol–water partition coefficient (Wildman–Crippen LogP) is -1.23. The molecule has 0 saturated carbocycles. The van der Waals surface area contributed by atoms with Gasteiger partial charge in [-0.1, -0.05) is 0 Å². The van der Waals surface area contributed by atoms with Crippen molar-refractivity contribution in [1.82, 2.24) is 10.6 Å². The number of amides is 2. The average molecular weight is 619 g/mol. The second-order valence-electron chi connectivity index (χ2n) is 8.94. The number of aliphatic hydroxyl groups excluding tert-OH is 2. The molecule has 42 heavy (non-hydrogen) atoms. The largest absolute Gasteiger partial charge is 0.467 e. The van der Waals surface area contributed by atoms with Crippen LogP contribution in [0.15, 0.2) is 33.5 Å². The van der Waals surface area contributed by atoms with E-state index in [1.165, 1.54) is 25.3 Å². The number of hydrogen-bond acceptors (Lipinski definition) is 14. The maximum absolute atomic E-state index is 12.5. The number of rotatable bonds is 12. The van der Waals surface area contributed by atoms with Crippen LogP contribution in [0.25, 0.3) is 11.0 Å². The Morgan fingerprint density at radius 2 is 1.69 bits per heavy atom. The lowest BCUT2D eigenvalue weighted by atomic mass is 9.99. The molecule has 0 aliphatic carbocycles. The fourth-order valence-electron chi connectivity index (χ4n) is 4.03. The maximum atomic E-state index is 12.5. The smallest absolute Gasteiger partial charge is 0.406 e. The van der Waals surface area contributed by atoms with Gasteiger partial charge in [0.15, 0.2) is 12.2 Å². The van der Waals surface area contributed by atoms with Crippen molar-refractivity contribution in [2.24, 2.45) is 0 Å². The van der Waals surface area contributed by atoms with Gasteiger partial charge in [-0.3, -0.25) is 9.35 Å². The zero-order valence-electron chi connectivity index (χ0n) is 22.4. The molecular formula is C24H30N2O15S. The van der Waals surface area contributed by atoms with E-state index in [9.17, 15) is 37.8 Å². The fourth-order valence-corrected chi connectivity index (χ4v) is 4.51. The van der Waals surface area contributed by atoms with Crippen LogP contribution in [0, 0.1) is 0 Å². The first-order chi connectivity index (χ1) is 19.8. The number of ether oxygens (including phenoxy) is 4. The molecule has 0 radical (unpaired) electrons. The zero-order valence-corrected chi connectivity index (χ0v) is 23.2. The van der Waals surface area contributed by atoms with E-state index in [0.29, 0.717) is 36.9 Å². The van der Waals surface area contributed by atoms with Crippen molar-refractivity contribution in [1.29, 1.82) is 0 Å². The summed E-state index contributed by atoms with van der Waals surface area (Å²) in [5.74, 6) is -1.63. The van der Waals surface area contributed by atoms with Gasteiger partial charge in [-0.2, -0.15) is 8.42 Å². The SMILES string of the molecule is COC(=O)NCCCCNC(=O)Cc1cc(=O)oc2cc(OC3OC(C(=O)OC)C(O)C(O)C3OS(=O)(=O)O)ccc12. The molecule has 1 fully saturated rings. The third kappa shape index (κ3) is 8.84. The Morgan fingerprint density at radius 1 is 1.00 bits per heavy atom. The molecule has 18 heteroatoms. The summed E-state index contributed by atoms with van der Waals surface area (Å²) in [5.41, 5.74) is -0.504. The Bertz CT molecular complexity index is 1440. The summed E-state index contributed by atoms with van der Waals surface area (Å²) in [5, 5.41) is 26.2. The van der Waals surface area contributed by atoms with Crippen molar-refractivity contribution in [2.45, 2.75) is 50.0 Å². The summed E-state index contributed by atoms with van der Waals surface area (Å²) in [6.45, 7) is 0.690. The molecule has 1 aromatic carbocycles. The highest BCUT2D eigenvalue weighted by Crippen LogP contribution is 2.30. The highest BCUT2D eigenvalue weighted by molar-refractivity contribution is 7.80. The Hall–Kier alpha value is -3.81. The van der Waals surface area contributed by atoms with Crippen LogP contribution < -0.4 is 21.0 Å². The van der Waals surface area contributed by atoms with Crippen molar-refractivity contribution >= 4 is 39.3 Å². The predicted molar refractivity (Wildman–Crippen MR) is 139 cm³/mol. The van der Waals surface area contributed by atoms with Gasteiger partial charge in [-0.25, -0.2) is 18.6 Å². The van der Waals surface area contributed by atoms with Crippen molar-refractivity contribution in [3.05, 3.63) is 40.2 Å². The first kappa shape index (κ1) is 32.7. The van der Waals surface area contributed by atoms with E-state index in [-0.39, 0.29) is 23.7 Å². The molecule has 232 valence electrons. The minimum atomic E-state index is -5.19. The molecular weight excluding hydrogens is 588 g/mol. The first-order valence-corrected chi connectivity index (χ1v) is 13.8. The number of fused-ring (bicyclic) bond motifs is 1. The summed E-state index contributed by atoms with van der Waals surface area (Å²) in [6.07, 6.45) is -9.42. The minimum absolute atomic E-state index is 0.0372. The molecule has 5 N–H and O–H groups in total. The minimum Gasteiger partial charge on any atom is -0.467 e. The van der Waals surface area contributed by atoms with Crippen LogP contribution in [-0.2, 0) is 44.8 Å². The monoisotopic (exact) mass is 618 g/mol. The molecule has 2 aromatic rings. The van der Waals surface area contributed by atoms with E-state index in [2.05, 4.69) is 24.3 Å². The third-order valence-electron chi connectivity index (χ3n) is 6.00. The second kappa shape index (κ2) is 14.4. The van der Waals surface area contributed by atoms with Gasteiger partial charge in [0.25, 0.3) is 0 Å². The quantitative estimate of drug-likeness (QED) is 0.0809. The van der Waals surface area contributed by atoms with Crippen molar-refractivity contribution in [3.63, 3.8) is 0 Å². The molecule has 17 nitrogen and oxygen atoms in total. The van der Waals surface area contributed by atoms with Gasteiger partial charge in [-0.05, 0) is 30.5 Å². The van der Waals surface area contributed by atoms with Crippen LogP contribution in [0.5, 0.6) is 5.75 Å². The summed E-state index contributed by atoms with van der Waals surface area (Å²) in [7, 11) is -2.96. The number of nitrogens with one attached hydrogen (secondary N) is 2. The Labute approximate surface area is 238 Å². The van der Waals surface area contributed by atoms with Crippen LogP contribution in [0.3, 0.4) is 0 Å². The molecule has 2 heterocycles. The van der Waals surface area contributed by atoms with Gasteiger partial charge >= 0.3 is 28.1 Å². The lowest BCUT2D eigenvalue weighted by Crippen LogP contribution is -2.62. The number of methoxy groups -OCH3 is 2. The lowest BCUT2D eigenvalue weighted by molar-refractivity contribution is -0.266. The third-order valence-corrected chi connectivity index (χ3v) is 6.46. The molecule has 2 amide bonds. The van der Waals surface area contributed by atoms with Crippen LogP contribution in [-0.4, -0.2) is 99.2 Å². The van der Waals surface area contributed by atoms with Crippen LogP contribution >= 0.6 is 0 Å². The molecule has 1 aliphatic rings. The molecule has 0 bridgehead atoms. The summed E-state index contributed by atoms with van der Waals surface area (Å²) in [4.78, 5) is 47.7. The molecule has 0 spiro atoms. The molecule has 5 atom stereocenters. The number of alkyl carbamates (subject to hydrolysis) is 1. The van der Waals surface area contributed by atoms with Crippen molar-refractivity contribution in [3.8, 4) is 5.75 Å². The Balaban J connectivity index is 1.75. The number of carbonyl (C=O) groups excluding carboxylic acids is 3. The lowest BCUT2D eigenvalue weighted by Gasteiger charge is -2.40. The molecule has 1 aliphatic heterocycles. The fraction of sp³-hybridized carbons (Fsp3) is 0.500. The number of benzene rings is 1. The van der Waals surface area contributed by atoms with Gasteiger partial charge in [0, 0.05) is 30.6 Å². The second-order valence-corrected chi connectivity index (χ2v) is 9.98. The summed E-state index contributed by atoms with van der Waals surface area (Å²) in [6, 6.07) is 5.10. The number of esters is 1. The first-order valence-electron chi connectivity index (χ1n) is 12.4. The maximum Gasteiger partial charge on any atom is 0.406 e. The van der Waals surface area contributed by atoms with Gasteiger partial charge in [-0.15, -0.1) is 0 Å². The highest BCUT2D eigenvalue weighted by Gasteiger charge is 2.51. The van der Waals surface area contributed by atoms with E-state index in [4.69, 9.17) is 18.4 Å². The van der Waals surface area contributed by atoms with Crippen LogP contribution in [0.2, 0.25) is 0 Å². The van der Waals surface area contributed by atoms with Gasteiger partial charge in [0.1, 0.15) is 23.5 Å². The van der Waals surface area contributed by atoms with Crippen LogP contribution in [0.4, 0.5) is 4.79 Å². The average Bonchev–Trinajstić information content (AvgIpc) is 2.93. The number of aliphatic hydroxyl groups is 2. The van der Waals surface area contributed by atoms with Crippen molar-refractivity contribution in [2.75, 3.05) is 27.3 Å². The summed E-state index contributed by atoms with van der Waals surface area (Å²) < 4.78 is 61.3. The standard InChI is InChI=1S/C24H30N2O15S/c1-36-22(31)20-18(29)19(30)21(41-42(33,34)35)23(40-20)38-13-5-6-14-12(10-17(28)39-15(14)11-13)9-16(27)25-7-3-4-8-26-24(32)37-2/h5-6,10-11,18-21,23,29-30H,3-4,7-9H2,1-2H3,(H,25,27)(H,26,32)(H,33,34,35). The van der Waals surface area contributed by atoms with Gasteiger partial charge in [0.2, 0.25) is 12.2 Å². The molecule has 1 saturated heterocycles. The van der Waals surface area contributed by atoms with Gasteiger partial charge < -0.3 is 44.2 Å². The molecule has 1 aromatic heterocycles. The van der Waals surface area contributed by atoms with E-state index >= 15 is 0 Å². The normalized spacial score (nSPS) is 22.3. The Kier molecular flexibility index (Phi) is 11.2. The zero-order chi connectivity index (χ0) is 31.0. The number of carbonyl (C=O) groups is 3. The highest BCUT2D eigenvalue weighted by atomic mass is 32.3. The van der Waals surface area contributed by atoms with Gasteiger partial charge in [0.05, 0.1) is 20.6 Å². The number of hydrogen-bond donors (Lipinski definition) is 5. The molecule has 5 unspecified atom stereocenters. The van der Waals surface area contributed by atoms with E-state index in [1.54, 1.807) is 0 Å². The van der Waals surface area contributed by atoms with E-state index in [0.717, 1.165) is 13.2 Å². The number of unbranched alkanes of at least 4 members (excludes halogenated alkanes) is 1. The molecule has 3 rings (SSSR count). The Morgan fingerprint density at radius 3 is 2.33 bits per heavy atom. The van der Waals surface area contributed by atoms with E-state index in [1.807, 2.05) is 0 Å². The topological polar surface area (TPSA) is 246 Å².